The van der Waals surface area contributed by atoms with Gasteiger partial charge in [0.1, 0.15) is 12.4 Å². The van der Waals surface area contributed by atoms with Crippen molar-refractivity contribution in [2.24, 2.45) is 0 Å². The summed E-state index contributed by atoms with van der Waals surface area (Å²) >= 11 is 0. The number of benzene rings is 1. The average molecular weight is 248 g/mol. The Balaban J connectivity index is 3.00. The van der Waals surface area contributed by atoms with Gasteiger partial charge in [0, 0.05) is 11.0 Å². The van der Waals surface area contributed by atoms with Crippen molar-refractivity contribution in [1.82, 2.24) is 0 Å². The lowest BCUT2D eigenvalue weighted by Gasteiger charge is -2.25. The summed E-state index contributed by atoms with van der Waals surface area (Å²) in [6, 6.07) is 7.55. The van der Waals surface area contributed by atoms with Crippen molar-refractivity contribution in [2.45, 2.75) is 32.6 Å². The van der Waals surface area contributed by atoms with E-state index in [0.717, 1.165) is 16.9 Å². The normalized spacial score (nSPS) is 11.1. The molecule has 1 aromatic rings. The van der Waals surface area contributed by atoms with Crippen molar-refractivity contribution in [3.05, 3.63) is 42.0 Å². The Bertz CT molecular complexity index is 447. The van der Waals surface area contributed by atoms with Gasteiger partial charge in [-0.1, -0.05) is 38.6 Å². The van der Waals surface area contributed by atoms with Gasteiger partial charge in [-0.15, -0.1) is 0 Å². The van der Waals surface area contributed by atoms with Gasteiger partial charge in [-0.05, 0) is 18.6 Å². The van der Waals surface area contributed by atoms with Crippen LogP contribution in [0, 0.1) is 0 Å². The molecule has 0 bridgehead atoms. The largest absolute Gasteiger partial charge is 0.489 e. The SMILES string of the molecule is C=C(C)COc1ccccc1C(C)(C)CC(=O)O. The number of aliphatic carboxylic acids is 1. The molecule has 0 amide bonds. The van der Waals surface area contributed by atoms with E-state index in [9.17, 15) is 4.79 Å². The first-order valence-electron chi connectivity index (χ1n) is 5.91. The molecule has 0 unspecified atom stereocenters. The van der Waals surface area contributed by atoms with Crippen LogP contribution in [-0.4, -0.2) is 17.7 Å². The summed E-state index contributed by atoms with van der Waals surface area (Å²) in [7, 11) is 0. The fraction of sp³-hybridized carbons (Fsp3) is 0.400. The molecule has 18 heavy (non-hydrogen) atoms. The third kappa shape index (κ3) is 3.91. The molecule has 0 aliphatic carbocycles. The summed E-state index contributed by atoms with van der Waals surface area (Å²) in [6.45, 7) is 9.94. The number of rotatable bonds is 6. The summed E-state index contributed by atoms with van der Waals surface area (Å²) < 4.78 is 5.67. The zero-order valence-electron chi connectivity index (χ0n) is 11.2. The minimum absolute atomic E-state index is 0.0699. The molecule has 1 rings (SSSR count). The number of hydrogen-bond donors (Lipinski definition) is 1. The third-order valence-corrected chi connectivity index (χ3v) is 2.68. The molecule has 0 saturated carbocycles. The van der Waals surface area contributed by atoms with E-state index < -0.39 is 11.4 Å². The van der Waals surface area contributed by atoms with Crippen LogP contribution in [0.4, 0.5) is 0 Å². The summed E-state index contributed by atoms with van der Waals surface area (Å²) in [5, 5.41) is 8.96. The lowest BCUT2D eigenvalue weighted by Crippen LogP contribution is -2.22. The van der Waals surface area contributed by atoms with Gasteiger partial charge in [0.2, 0.25) is 0 Å². The van der Waals surface area contributed by atoms with E-state index in [1.165, 1.54) is 0 Å². The van der Waals surface area contributed by atoms with Crippen molar-refractivity contribution >= 4 is 5.97 Å². The quantitative estimate of drug-likeness (QED) is 0.785. The molecule has 0 heterocycles. The van der Waals surface area contributed by atoms with Crippen molar-refractivity contribution < 1.29 is 14.6 Å². The molecule has 0 aliphatic heterocycles. The predicted molar refractivity (Wildman–Crippen MR) is 72.0 cm³/mol. The monoisotopic (exact) mass is 248 g/mol. The lowest BCUT2D eigenvalue weighted by molar-refractivity contribution is -0.138. The van der Waals surface area contributed by atoms with E-state index in [1.54, 1.807) is 0 Å². The van der Waals surface area contributed by atoms with E-state index in [2.05, 4.69) is 6.58 Å². The Labute approximate surface area is 108 Å². The third-order valence-electron chi connectivity index (χ3n) is 2.68. The molecule has 1 N–H and O–H groups in total. The van der Waals surface area contributed by atoms with Crippen LogP contribution >= 0.6 is 0 Å². The molecular weight excluding hydrogens is 228 g/mol. The van der Waals surface area contributed by atoms with Crippen molar-refractivity contribution in [2.75, 3.05) is 6.61 Å². The van der Waals surface area contributed by atoms with Crippen molar-refractivity contribution in [1.29, 1.82) is 0 Å². The Hall–Kier alpha value is -1.77. The summed E-state index contributed by atoms with van der Waals surface area (Å²) in [6.07, 6.45) is 0.0699. The molecule has 0 aliphatic rings. The summed E-state index contributed by atoms with van der Waals surface area (Å²) in [5.41, 5.74) is 1.38. The minimum atomic E-state index is -0.810. The predicted octanol–water partition coefficient (Wildman–Crippen LogP) is 3.39. The van der Waals surface area contributed by atoms with Crippen LogP contribution in [0.25, 0.3) is 0 Å². The van der Waals surface area contributed by atoms with Gasteiger partial charge in [0.05, 0.1) is 6.42 Å². The van der Waals surface area contributed by atoms with Crippen LogP contribution in [0.2, 0.25) is 0 Å². The Morgan fingerprint density at radius 3 is 2.56 bits per heavy atom. The van der Waals surface area contributed by atoms with Crippen LogP contribution in [0.15, 0.2) is 36.4 Å². The van der Waals surface area contributed by atoms with Crippen molar-refractivity contribution in [3.63, 3.8) is 0 Å². The fourth-order valence-corrected chi connectivity index (χ4v) is 1.83. The molecule has 0 radical (unpaired) electrons. The number of carbonyl (C=O) groups is 1. The smallest absolute Gasteiger partial charge is 0.304 e. The van der Waals surface area contributed by atoms with E-state index in [4.69, 9.17) is 9.84 Å². The molecule has 0 fully saturated rings. The highest BCUT2D eigenvalue weighted by Gasteiger charge is 2.27. The van der Waals surface area contributed by atoms with Gasteiger partial charge in [-0.25, -0.2) is 0 Å². The van der Waals surface area contributed by atoms with Crippen LogP contribution in [-0.2, 0) is 10.2 Å². The second-order valence-electron chi connectivity index (χ2n) is 5.20. The van der Waals surface area contributed by atoms with Gasteiger partial charge in [0.25, 0.3) is 0 Å². The van der Waals surface area contributed by atoms with Crippen LogP contribution in [0.5, 0.6) is 5.75 Å². The molecular formula is C15H20O3. The Kier molecular flexibility index (Phi) is 4.54. The summed E-state index contributed by atoms with van der Waals surface area (Å²) in [4.78, 5) is 10.9. The van der Waals surface area contributed by atoms with E-state index in [1.807, 2.05) is 45.0 Å². The van der Waals surface area contributed by atoms with E-state index >= 15 is 0 Å². The molecule has 1 aromatic carbocycles. The number of ether oxygens (including phenoxy) is 1. The topological polar surface area (TPSA) is 46.5 Å². The van der Waals surface area contributed by atoms with Crippen molar-refractivity contribution in [3.8, 4) is 5.75 Å². The maximum atomic E-state index is 10.9. The average Bonchev–Trinajstić information content (AvgIpc) is 2.25. The van der Waals surface area contributed by atoms with Gasteiger partial charge < -0.3 is 9.84 Å². The number of carboxylic acids is 1. The van der Waals surface area contributed by atoms with E-state index in [0.29, 0.717) is 6.61 Å². The first-order valence-corrected chi connectivity index (χ1v) is 5.91. The van der Waals surface area contributed by atoms with Gasteiger partial charge in [0.15, 0.2) is 0 Å². The standard InChI is InChI=1S/C15H20O3/c1-11(2)10-18-13-8-6-5-7-12(13)15(3,4)9-14(16)17/h5-8H,1,9-10H2,2-4H3,(H,16,17). The molecule has 0 atom stereocenters. The molecule has 98 valence electrons. The fourth-order valence-electron chi connectivity index (χ4n) is 1.83. The highest BCUT2D eigenvalue weighted by atomic mass is 16.5. The first-order chi connectivity index (χ1) is 8.33. The molecule has 0 saturated heterocycles. The molecule has 3 nitrogen and oxygen atoms in total. The van der Waals surface area contributed by atoms with Gasteiger partial charge >= 0.3 is 5.97 Å². The zero-order valence-corrected chi connectivity index (χ0v) is 11.2. The Morgan fingerprint density at radius 1 is 1.39 bits per heavy atom. The maximum absolute atomic E-state index is 10.9. The molecule has 0 aromatic heterocycles. The van der Waals surface area contributed by atoms with E-state index in [-0.39, 0.29) is 6.42 Å². The lowest BCUT2D eigenvalue weighted by atomic mass is 9.81. The van der Waals surface area contributed by atoms with Crippen LogP contribution in [0.3, 0.4) is 0 Å². The number of para-hydroxylation sites is 1. The van der Waals surface area contributed by atoms with Crippen LogP contribution in [0.1, 0.15) is 32.8 Å². The highest BCUT2D eigenvalue weighted by molar-refractivity contribution is 5.69. The summed E-state index contributed by atoms with van der Waals surface area (Å²) in [5.74, 6) is -0.0820. The number of hydrogen-bond acceptors (Lipinski definition) is 2. The first kappa shape index (κ1) is 14.3. The van der Waals surface area contributed by atoms with Crippen LogP contribution < -0.4 is 4.74 Å². The Morgan fingerprint density at radius 2 is 2.00 bits per heavy atom. The zero-order chi connectivity index (χ0) is 13.8. The minimum Gasteiger partial charge on any atom is -0.489 e. The number of carboxylic acid groups (broad SMARTS) is 1. The maximum Gasteiger partial charge on any atom is 0.304 e. The molecule has 3 heteroatoms. The van der Waals surface area contributed by atoms with Gasteiger partial charge in [-0.2, -0.15) is 0 Å². The second-order valence-corrected chi connectivity index (χ2v) is 5.20. The molecule has 0 spiro atoms. The highest BCUT2D eigenvalue weighted by Crippen LogP contribution is 2.34. The second kappa shape index (κ2) is 5.71. The van der Waals surface area contributed by atoms with Gasteiger partial charge in [-0.3, -0.25) is 4.79 Å².